The van der Waals surface area contributed by atoms with Crippen LogP contribution >= 0.6 is 0 Å². The van der Waals surface area contributed by atoms with E-state index in [0.29, 0.717) is 54.9 Å². The van der Waals surface area contributed by atoms with Gasteiger partial charge in [-0.25, -0.2) is 0 Å². The largest absolute Gasteiger partial charge is 0.393 e. The van der Waals surface area contributed by atoms with Crippen molar-refractivity contribution in [2.45, 2.75) is 123 Å². The van der Waals surface area contributed by atoms with E-state index in [4.69, 9.17) is 0 Å². The fraction of sp³-hybridized carbons (Fsp3) is 0.968. The van der Waals surface area contributed by atoms with Crippen molar-refractivity contribution in [2.75, 3.05) is 12.3 Å². The van der Waals surface area contributed by atoms with Crippen molar-refractivity contribution in [3.63, 3.8) is 0 Å². The van der Waals surface area contributed by atoms with Crippen LogP contribution in [-0.4, -0.2) is 64.5 Å². The Bertz CT molecular complexity index is 1020. The Morgan fingerprint density at radius 2 is 1.69 bits per heavy atom. The number of hydrogen-bond donors (Lipinski definition) is 3. The van der Waals surface area contributed by atoms with Gasteiger partial charge in [-0.05, 0) is 116 Å². The lowest BCUT2D eigenvalue weighted by Gasteiger charge is -2.64. The molecule has 5 rings (SSSR count). The van der Waals surface area contributed by atoms with Gasteiger partial charge in [0.25, 0.3) is 10.1 Å². The van der Waals surface area contributed by atoms with Crippen molar-refractivity contribution in [3.05, 3.63) is 0 Å². The molecule has 1 saturated heterocycles. The Balaban J connectivity index is 1.27. The molecule has 1 amide bonds. The van der Waals surface area contributed by atoms with Gasteiger partial charge >= 0.3 is 0 Å². The van der Waals surface area contributed by atoms with Crippen LogP contribution in [0.25, 0.3) is 0 Å². The zero-order valence-electron chi connectivity index (χ0n) is 24.6. The quantitative estimate of drug-likeness (QED) is 0.377. The first-order valence-corrected chi connectivity index (χ1v) is 17.5. The summed E-state index contributed by atoms with van der Waals surface area (Å²) in [6, 6.07) is -0.406. The Morgan fingerprint density at radius 1 is 1.00 bits per heavy atom. The normalized spacial score (nSPS) is 46.8. The second kappa shape index (κ2) is 10.9. The number of nitrogens with zero attached hydrogens (tertiary/aromatic N) is 1. The summed E-state index contributed by atoms with van der Waals surface area (Å²) in [6.45, 7) is 10.0. The number of carbonyl (C=O) groups is 1. The standard InChI is InChI=1S/C31H53NO6S/c1-5-22-26-17-21(33)12-14-31(26,4)25-13-15-30(3)23(9-10-24(30)28(25)29(22)35)19(2)8-11-27(34)32-16-6-7-20(32)18-39(36,37)38/h19-26,28-29,33,35H,5-18H2,1-4H3,(H,36,37,38)/t19-,20+,21-,22-,23-,24+,25+,26+,28+,29-,30-,31-/m1/s1. The number of aliphatic hydroxyl groups excluding tert-OH is 2. The van der Waals surface area contributed by atoms with Gasteiger partial charge in [0.05, 0.1) is 18.0 Å². The fourth-order valence-corrected chi connectivity index (χ4v) is 12.0. The van der Waals surface area contributed by atoms with E-state index in [1.165, 1.54) is 6.42 Å². The third-order valence-corrected chi connectivity index (χ3v) is 13.9. The minimum absolute atomic E-state index is 0.0170. The van der Waals surface area contributed by atoms with Crippen LogP contribution in [0.5, 0.6) is 0 Å². The predicted molar refractivity (Wildman–Crippen MR) is 151 cm³/mol. The van der Waals surface area contributed by atoms with Crippen LogP contribution in [0.15, 0.2) is 0 Å². The lowest BCUT2D eigenvalue weighted by Crippen LogP contribution is -2.62. The molecule has 4 saturated carbocycles. The first-order valence-electron chi connectivity index (χ1n) is 15.9. The van der Waals surface area contributed by atoms with Gasteiger partial charge in [-0.1, -0.05) is 34.1 Å². The molecular weight excluding hydrogens is 514 g/mol. The van der Waals surface area contributed by atoms with Crippen molar-refractivity contribution in [3.8, 4) is 0 Å². The Hall–Kier alpha value is -0.700. The molecule has 3 N–H and O–H groups in total. The molecule has 39 heavy (non-hydrogen) atoms. The Kier molecular flexibility index (Phi) is 8.29. The van der Waals surface area contributed by atoms with Crippen LogP contribution < -0.4 is 0 Å². The van der Waals surface area contributed by atoms with E-state index in [9.17, 15) is 28.0 Å². The summed E-state index contributed by atoms with van der Waals surface area (Å²) in [6.07, 6.45) is 10.5. The van der Waals surface area contributed by atoms with Crippen LogP contribution in [0.4, 0.5) is 0 Å². The molecule has 5 aliphatic rings. The molecular formula is C31H53NO6S. The van der Waals surface area contributed by atoms with E-state index in [-0.39, 0.29) is 40.6 Å². The van der Waals surface area contributed by atoms with E-state index >= 15 is 0 Å². The first kappa shape index (κ1) is 29.8. The van der Waals surface area contributed by atoms with Crippen LogP contribution in [-0.2, 0) is 14.9 Å². The summed E-state index contributed by atoms with van der Waals surface area (Å²) in [5.41, 5.74) is 0.372. The number of carbonyl (C=O) groups excluding carboxylic acids is 1. The van der Waals surface area contributed by atoms with Gasteiger partial charge < -0.3 is 15.1 Å². The van der Waals surface area contributed by atoms with E-state index in [1.54, 1.807) is 4.90 Å². The molecule has 4 aliphatic carbocycles. The predicted octanol–water partition coefficient (Wildman–Crippen LogP) is 4.91. The average molecular weight is 568 g/mol. The molecule has 224 valence electrons. The van der Waals surface area contributed by atoms with Gasteiger partial charge in [-0.3, -0.25) is 9.35 Å². The number of hydrogen-bond acceptors (Lipinski definition) is 5. The molecule has 0 radical (unpaired) electrons. The van der Waals surface area contributed by atoms with Crippen molar-refractivity contribution in [1.82, 2.24) is 4.90 Å². The summed E-state index contributed by atoms with van der Waals surface area (Å²) in [7, 11) is -4.10. The summed E-state index contributed by atoms with van der Waals surface area (Å²) in [5.74, 6) is 2.59. The second-order valence-electron chi connectivity index (χ2n) is 14.8. The van der Waals surface area contributed by atoms with Crippen molar-refractivity contribution in [1.29, 1.82) is 0 Å². The second-order valence-corrected chi connectivity index (χ2v) is 16.3. The minimum atomic E-state index is -4.10. The smallest absolute Gasteiger partial charge is 0.266 e. The van der Waals surface area contributed by atoms with Gasteiger partial charge in [0, 0.05) is 19.0 Å². The number of fused-ring (bicyclic) bond motifs is 5. The van der Waals surface area contributed by atoms with Crippen LogP contribution in [0, 0.1) is 52.3 Å². The maximum Gasteiger partial charge on any atom is 0.266 e. The van der Waals surface area contributed by atoms with Crippen LogP contribution in [0.2, 0.25) is 0 Å². The highest BCUT2D eigenvalue weighted by molar-refractivity contribution is 7.85. The molecule has 0 aromatic rings. The van der Waals surface area contributed by atoms with E-state index < -0.39 is 16.2 Å². The van der Waals surface area contributed by atoms with E-state index in [0.717, 1.165) is 57.8 Å². The van der Waals surface area contributed by atoms with Crippen LogP contribution in [0.1, 0.15) is 105 Å². The zero-order valence-corrected chi connectivity index (χ0v) is 25.4. The third kappa shape index (κ3) is 5.23. The third-order valence-electron chi connectivity index (χ3n) is 13.1. The highest BCUT2D eigenvalue weighted by Crippen LogP contribution is 2.69. The number of amides is 1. The number of rotatable bonds is 7. The van der Waals surface area contributed by atoms with Gasteiger partial charge in [-0.15, -0.1) is 0 Å². The maximum atomic E-state index is 13.1. The molecule has 5 fully saturated rings. The molecule has 0 bridgehead atoms. The minimum Gasteiger partial charge on any atom is -0.393 e. The maximum absolute atomic E-state index is 13.1. The molecule has 1 heterocycles. The average Bonchev–Trinajstić information content (AvgIpc) is 3.46. The van der Waals surface area contributed by atoms with Crippen molar-refractivity contribution < 1.29 is 28.0 Å². The van der Waals surface area contributed by atoms with Gasteiger partial charge in [0.2, 0.25) is 5.91 Å². The highest BCUT2D eigenvalue weighted by Gasteiger charge is 2.64. The highest BCUT2D eigenvalue weighted by atomic mass is 32.2. The molecule has 0 aromatic carbocycles. The SMILES string of the molecule is CC[C@H]1[C@@H](O)[C@@H]2[C@H](CC[C@]3(C)[C@@H]([C@H](C)CCC(=O)N4CCC[C@H]4CS(=O)(=O)O)CC[C@@H]23)[C@@]2(C)CC[C@@H](O)C[C@@H]12. The number of aliphatic hydroxyl groups is 2. The molecule has 0 unspecified atom stereocenters. The van der Waals surface area contributed by atoms with Gasteiger partial charge in [-0.2, -0.15) is 8.42 Å². The summed E-state index contributed by atoms with van der Waals surface area (Å²) < 4.78 is 32.2. The van der Waals surface area contributed by atoms with Crippen LogP contribution in [0.3, 0.4) is 0 Å². The topological polar surface area (TPSA) is 115 Å². The fourth-order valence-electron chi connectivity index (χ4n) is 11.2. The summed E-state index contributed by atoms with van der Waals surface area (Å²) in [5, 5.41) is 22.4. The van der Waals surface area contributed by atoms with E-state index in [2.05, 4.69) is 27.7 Å². The van der Waals surface area contributed by atoms with Crippen molar-refractivity contribution >= 4 is 16.0 Å². The molecule has 8 heteroatoms. The molecule has 0 aromatic heterocycles. The van der Waals surface area contributed by atoms with E-state index in [1.807, 2.05) is 0 Å². The molecule has 7 nitrogen and oxygen atoms in total. The summed E-state index contributed by atoms with van der Waals surface area (Å²) >= 11 is 0. The zero-order chi connectivity index (χ0) is 28.3. The lowest BCUT2D eigenvalue weighted by atomic mass is 9.41. The van der Waals surface area contributed by atoms with Gasteiger partial charge in [0.15, 0.2) is 0 Å². The number of likely N-dealkylation sites (tertiary alicyclic amines) is 1. The molecule has 12 atom stereocenters. The van der Waals surface area contributed by atoms with Gasteiger partial charge in [0.1, 0.15) is 0 Å². The monoisotopic (exact) mass is 567 g/mol. The van der Waals surface area contributed by atoms with Crippen molar-refractivity contribution in [2.24, 2.45) is 52.3 Å². The Labute approximate surface area is 236 Å². The molecule has 1 aliphatic heterocycles. The molecule has 0 spiro atoms. The first-order chi connectivity index (χ1) is 18.3. The summed E-state index contributed by atoms with van der Waals surface area (Å²) in [4.78, 5) is 14.8. The Morgan fingerprint density at radius 3 is 2.38 bits per heavy atom. The lowest BCUT2D eigenvalue weighted by molar-refractivity contribution is -0.203.